The van der Waals surface area contributed by atoms with Gasteiger partial charge in [-0.05, 0) is 66.1 Å². The number of benzene rings is 4. The molecule has 0 aliphatic heterocycles. The molecule has 1 N–H and O–H groups in total. The Balaban J connectivity index is 1.79. The van der Waals surface area contributed by atoms with Crippen LogP contribution in [0.15, 0.2) is 114 Å². The Labute approximate surface area is 270 Å². The molecule has 10 heteroatoms. The number of sulfonamides is 1. The number of unbranched alkanes of at least 4 members (excludes halogenated alkanes) is 1. The fraction of sp³-hybridized carbons (Fsp3) is 0.257. The molecule has 2 amide bonds. The van der Waals surface area contributed by atoms with E-state index in [1.165, 1.54) is 17.0 Å². The number of carbonyl (C=O) groups is 2. The minimum absolute atomic E-state index is 0.0326. The van der Waals surface area contributed by atoms with Crippen LogP contribution in [-0.4, -0.2) is 51.4 Å². The smallest absolute Gasteiger partial charge is 0.264 e. The maximum Gasteiger partial charge on any atom is 0.264 e. The summed E-state index contributed by atoms with van der Waals surface area (Å²) in [4.78, 5) is 29.8. The zero-order chi connectivity index (χ0) is 32.2. The van der Waals surface area contributed by atoms with Crippen molar-refractivity contribution in [3.05, 3.63) is 125 Å². The van der Waals surface area contributed by atoms with E-state index in [0.29, 0.717) is 17.3 Å². The third-order valence-electron chi connectivity index (χ3n) is 7.31. The molecule has 4 aromatic carbocycles. The van der Waals surface area contributed by atoms with Crippen LogP contribution in [0.2, 0.25) is 5.02 Å². The van der Waals surface area contributed by atoms with Crippen LogP contribution in [0, 0.1) is 0 Å². The maximum absolute atomic E-state index is 14.5. The van der Waals surface area contributed by atoms with E-state index in [0.717, 1.165) is 28.3 Å². The SMILES string of the molecule is CCCCNC(=O)[C@@H](Cc1ccccc1)N(Cc1cccc(OC)c1)C(=O)CN(c1ccc(Cl)cc1)S(=O)(=O)c1ccccc1. The minimum Gasteiger partial charge on any atom is -0.497 e. The largest absolute Gasteiger partial charge is 0.497 e. The number of hydrogen-bond acceptors (Lipinski definition) is 5. The Kier molecular flexibility index (Phi) is 12.0. The lowest BCUT2D eigenvalue weighted by atomic mass is 10.0. The van der Waals surface area contributed by atoms with Crippen molar-refractivity contribution in [2.75, 3.05) is 24.5 Å². The van der Waals surface area contributed by atoms with Crippen molar-refractivity contribution in [1.29, 1.82) is 0 Å². The fourth-order valence-corrected chi connectivity index (χ4v) is 6.44. The number of carbonyl (C=O) groups excluding carboxylic acids is 2. The predicted octanol–water partition coefficient (Wildman–Crippen LogP) is 6.10. The van der Waals surface area contributed by atoms with E-state index in [2.05, 4.69) is 5.32 Å². The Morgan fingerprint density at radius 3 is 2.16 bits per heavy atom. The number of nitrogens with one attached hydrogen (secondary N) is 1. The average Bonchev–Trinajstić information content (AvgIpc) is 3.06. The van der Waals surface area contributed by atoms with Gasteiger partial charge in [-0.1, -0.05) is 85.6 Å². The number of halogens is 1. The molecule has 0 bridgehead atoms. The summed E-state index contributed by atoms with van der Waals surface area (Å²) in [6.07, 6.45) is 1.91. The van der Waals surface area contributed by atoms with Gasteiger partial charge >= 0.3 is 0 Å². The molecule has 0 aliphatic carbocycles. The van der Waals surface area contributed by atoms with Crippen molar-refractivity contribution in [2.24, 2.45) is 0 Å². The number of methoxy groups -OCH3 is 1. The lowest BCUT2D eigenvalue weighted by Crippen LogP contribution is -2.53. The van der Waals surface area contributed by atoms with E-state index in [1.54, 1.807) is 61.7 Å². The predicted molar refractivity (Wildman–Crippen MR) is 178 cm³/mol. The van der Waals surface area contributed by atoms with Crippen LogP contribution in [0.3, 0.4) is 0 Å². The van der Waals surface area contributed by atoms with Gasteiger partial charge < -0.3 is 15.0 Å². The highest BCUT2D eigenvalue weighted by molar-refractivity contribution is 7.92. The Bertz CT molecular complexity index is 1650. The normalized spacial score (nSPS) is 11.8. The summed E-state index contributed by atoms with van der Waals surface area (Å²) in [7, 11) is -2.62. The van der Waals surface area contributed by atoms with Crippen molar-refractivity contribution >= 4 is 39.1 Å². The molecule has 0 fully saturated rings. The molecule has 4 aromatic rings. The van der Waals surface area contributed by atoms with E-state index in [9.17, 15) is 18.0 Å². The first-order valence-corrected chi connectivity index (χ1v) is 16.6. The van der Waals surface area contributed by atoms with Gasteiger partial charge in [0.2, 0.25) is 11.8 Å². The van der Waals surface area contributed by atoms with Crippen molar-refractivity contribution in [1.82, 2.24) is 10.2 Å². The van der Waals surface area contributed by atoms with Crippen molar-refractivity contribution in [3.8, 4) is 5.75 Å². The van der Waals surface area contributed by atoms with Gasteiger partial charge in [0.05, 0.1) is 17.7 Å². The highest BCUT2D eigenvalue weighted by Crippen LogP contribution is 2.26. The summed E-state index contributed by atoms with van der Waals surface area (Å²) >= 11 is 6.13. The molecule has 0 aliphatic rings. The Morgan fingerprint density at radius 2 is 1.51 bits per heavy atom. The third kappa shape index (κ3) is 9.09. The van der Waals surface area contributed by atoms with Gasteiger partial charge in [-0.3, -0.25) is 13.9 Å². The molecule has 45 heavy (non-hydrogen) atoms. The van der Waals surface area contributed by atoms with E-state index >= 15 is 0 Å². The molecule has 0 aromatic heterocycles. The zero-order valence-corrected chi connectivity index (χ0v) is 27.0. The number of ether oxygens (including phenoxy) is 1. The second kappa shape index (κ2) is 16.1. The number of anilines is 1. The van der Waals surface area contributed by atoms with Crippen LogP contribution in [0.25, 0.3) is 0 Å². The first-order valence-electron chi connectivity index (χ1n) is 14.8. The summed E-state index contributed by atoms with van der Waals surface area (Å²) in [5, 5.41) is 3.42. The van der Waals surface area contributed by atoms with E-state index < -0.39 is 28.5 Å². The van der Waals surface area contributed by atoms with E-state index in [-0.39, 0.29) is 29.5 Å². The number of nitrogens with zero attached hydrogens (tertiary/aromatic N) is 2. The van der Waals surface area contributed by atoms with Gasteiger partial charge in [-0.2, -0.15) is 0 Å². The zero-order valence-electron chi connectivity index (χ0n) is 25.4. The Hall–Kier alpha value is -4.34. The minimum atomic E-state index is -4.18. The molecule has 1 atom stereocenters. The van der Waals surface area contributed by atoms with Gasteiger partial charge in [0, 0.05) is 24.5 Å². The maximum atomic E-state index is 14.5. The summed E-state index contributed by atoms with van der Waals surface area (Å²) in [6.45, 7) is 2.00. The van der Waals surface area contributed by atoms with Crippen molar-refractivity contribution < 1.29 is 22.7 Å². The second-order valence-corrected chi connectivity index (χ2v) is 12.8. The second-order valence-electron chi connectivity index (χ2n) is 10.5. The van der Waals surface area contributed by atoms with Gasteiger partial charge in [0.1, 0.15) is 18.3 Å². The molecule has 0 saturated carbocycles. The first-order chi connectivity index (χ1) is 21.7. The molecule has 0 radical (unpaired) electrons. The molecule has 8 nitrogen and oxygen atoms in total. The Morgan fingerprint density at radius 1 is 0.867 bits per heavy atom. The van der Waals surface area contributed by atoms with Gasteiger partial charge in [-0.25, -0.2) is 8.42 Å². The molecular formula is C35H38ClN3O5S. The highest BCUT2D eigenvalue weighted by Gasteiger charge is 2.34. The van der Waals surface area contributed by atoms with Crippen molar-refractivity contribution in [3.63, 3.8) is 0 Å². The first kappa shape index (κ1) is 33.6. The molecule has 0 spiro atoms. The monoisotopic (exact) mass is 647 g/mol. The lowest BCUT2D eigenvalue weighted by molar-refractivity contribution is -0.140. The summed E-state index contributed by atoms with van der Waals surface area (Å²) in [6, 6.07) is 30.0. The van der Waals surface area contributed by atoms with Crippen LogP contribution >= 0.6 is 11.6 Å². The fourth-order valence-electron chi connectivity index (χ4n) is 4.88. The van der Waals surface area contributed by atoms with Crippen LogP contribution in [0.5, 0.6) is 5.75 Å². The summed E-state index contributed by atoms with van der Waals surface area (Å²) in [5.74, 6) is -0.257. The van der Waals surface area contributed by atoms with Gasteiger partial charge in [0.15, 0.2) is 0 Å². The summed E-state index contributed by atoms with van der Waals surface area (Å²) in [5.41, 5.74) is 1.86. The average molecular weight is 648 g/mol. The molecule has 236 valence electrons. The molecule has 4 rings (SSSR count). The van der Waals surface area contributed by atoms with Crippen LogP contribution in [-0.2, 0) is 32.6 Å². The van der Waals surface area contributed by atoms with Crippen LogP contribution in [0.4, 0.5) is 5.69 Å². The van der Waals surface area contributed by atoms with E-state index in [1.807, 2.05) is 49.4 Å². The third-order valence-corrected chi connectivity index (χ3v) is 9.35. The van der Waals surface area contributed by atoms with Gasteiger partial charge in [0.25, 0.3) is 10.0 Å². The highest BCUT2D eigenvalue weighted by atomic mass is 35.5. The number of amides is 2. The van der Waals surface area contributed by atoms with Crippen LogP contribution < -0.4 is 14.4 Å². The topological polar surface area (TPSA) is 96.0 Å². The standard InChI is InChI=1S/C35H38ClN3O5S/c1-3-4-22-37-35(41)33(24-27-12-7-5-8-13-27)38(25-28-14-11-15-31(23-28)44-2)34(40)26-39(30-20-18-29(36)19-21-30)45(42,43)32-16-9-6-10-17-32/h5-21,23,33H,3-4,22,24-26H2,1-2H3,(H,37,41)/t33-/m1/s1. The van der Waals surface area contributed by atoms with Gasteiger partial charge in [-0.15, -0.1) is 0 Å². The molecular weight excluding hydrogens is 610 g/mol. The van der Waals surface area contributed by atoms with E-state index in [4.69, 9.17) is 16.3 Å². The quantitative estimate of drug-likeness (QED) is 0.157. The molecule has 0 heterocycles. The number of hydrogen-bond donors (Lipinski definition) is 1. The van der Waals surface area contributed by atoms with Crippen LogP contribution in [0.1, 0.15) is 30.9 Å². The van der Waals surface area contributed by atoms with Crippen molar-refractivity contribution in [2.45, 2.75) is 43.7 Å². The summed E-state index contributed by atoms with van der Waals surface area (Å²) < 4.78 is 34.5. The molecule has 0 saturated heterocycles. The molecule has 0 unspecified atom stereocenters. The number of rotatable bonds is 15. The lowest BCUT2D eigenvalue weighted by Gasteiger charge is -2.34.